The Balaban J connectivity index is 1.35. The van der Waals surface area contributed by atoms with Crippen LogP contribution in [0.4, 0.5) is 0 Å². The van der Waals surface area contributed by atoms with Crippen molar-refractivity contribution in [3.63, 3.8) is 0 Å². The molecule has 0 N–H and O–H groups in total. The number of rotatable bonds is 15. The van der Waals surface area contributed by atoms with Crippen LogP contribution < -0.4 is 9.47 Å². The summed E-state index contributed by atoms with van der Waals surface area (Å²) in [6, 6.07) is 17.8. The van der Waals surface area contributed by atoms with Crippen LogP contribution in [0, 0.1) is 0 Å². The molecule has 0 spiro atoms. The number of para-hydroxylation sites is 2. The van der Waals surface area contributed by atoms with E-state index in [0.29, 0.717) is 52.9 Å². The zero-order valence-corrected chi connectivity index (χ0v) is 16.1. The lowest BCUT2D eigenvalue weighted by molar-refractivity contribution is 0.00495. The molecule has 0 unspecified atom stereocenters. The Hall–Kier alpha value is -2.08. The minimum absolute atomic E-state index is 0.536. The summed E-state index contributed by atoms with van der Waals surface area (Å²) in [4.78, 5) is 0. The Morgan fingerprint density at radius 3 is 1.70 bits per heavy atom. The maximum atomic E-state index is 5.74. The quantitative estimate of drug-likeness (QED) is 0.444. The first-order valence-electron chi connectivity index (χ1n) is 9.52. The lowest BCUT2D eigenvalue weighted by atomic mass is 10.1. The van der Waals surface area contributed by atoms with Crippen molar-refractivity contribution in [1.29, 1.82) is 0 Å². The first-order valence-corrected chi connectivity index (χ1v) is 9.52. The van der Waals surface area contributed by atoms with E-state index in [9.17, 15) is 0 Å². The van der Waals surface area contributed by atoms with Crippen molar-refractivity contribution in [2.24, 2.45) is 0 Å². The van der Waals surface area contributed by atoms with E-state index in [2.05, 4.69) is 13.0 Å². The Morgan fingerprint density at radius 1 is 0.556 bits per heavy atom. The Bertz CT molecular complexity index is 603. The third-order valence-electron chi connectivity index (χ3n) is 3.82. The molecule has 148 valence electrons. The van der Waals surface area contributed by atoms with E-state index in [0.717, 1.165) is 17.9 Å². The van der Waals surface area contributed by atoms with Gasteiger partial charge < -0.3 is 23.7 Å². The third kappa shape index (κ3) is 9.43. The topological polar surface area (TPSA) is 46.2 Å². The SMILES string of the molecule is CCc1ccccc1OCCOCCOCCOCCOc1ccccc1. The standard InChI is InChI=1S/C22H30O5/c1-2-20-8-6-7-11-22(20)27-19-17-25-15-13-23-12-14-24-16-18-26-21-9-4-3-5-10-21/h3-11H,2,12-19H2,1H3. The average molecular weight is 374 g/mol. The first-order chi connectivity index (χ1) is 13.4. The molecule has 0 saturated carbocycles. The van der Waals surface area contributed by atoms with E-state index < -0.39 is 0 Å². The first kappa shape index (κ1) is 21.2. The van der Waals surface area contributed by atoms with Crippen molar-refractivity contribution in [3.05, 3.63) is 60.2 Å². The van der Waals surface area contributed by atoms with Gasteiger partial charge in [-0.25, -0.2) is 0 Å². The fraction of sp³-hybridized carbons (Fsp3) is 0.455. The highest BCUT2D eigenvalue weighted by atomic mass is 16.6. The van der Waals surface area contributed by atoms with E-state index in [1.807, 2.05) is 48.5 Å². The summed E-state index contributed by atoms with van der Waals surface area (Å²) in [6.07, 6.45) is 0.964. The number of hydrogen-bond acceptors (Lipinski definition) is 5. The van der Waals surface area contributed by atoms with Gasteiger partial charge in [-0.2, -0.15) is 0 Å². The molecule has 5 heteroatoms. The largest absolute Gasteiger partial charge is 0.491 e. The van der Waals surface area contributed by atoms with Crippen molar-refractivity contribution < 1.29 is 23.7 Å². The fourth-order valence-corrected chi connectivity index (χ4v) is 2.42. The van der Waals surface area contributed by atoms with Gasteiger partial charge in [-0.05, 0) is 30.2 Å². The van der Waals surface area contributed by atoms with E-state index in [4.69, 9.17) is 23.7 Å². The maximum Gasteiger partial charge on any atom is 0.122 e. The van der Waals surface area contributed by atoms with E-state index in [-0.39, 0.29) is 0 Å². The predicted molar refractivity (Wildman–Crippen MR) is 106 cm³/mol. The summed E-state index contributed by atoms with van der Waals surface area (Å²) < 4.78 is 27.7. The lowest BCUT2D eigenvalue weighted by Crippen LogP contribution is -2.14. The van der Waals surface area contributed by atoms with Crippen LogP contribution in [0.1, 0.15) is 12.5 Å². The van der Waals surface area contributed by atoms with Crippen molar-refractivity contribution >= 4 is 0 Å². The maximum absolute atomic E-state index is 5.74. The van der Waals surface area contributed by atoms with Crippen LogP contribution in [-0.4, -0.2) is 52.9 Å². The van der Waals surface area contributed by atoms with Crippen LogP contribution in [0.5, 0.6) is 11.5 Å². The summed E-state index contributed by atoms with van der Waals surface area (Å²) in [6.45, 7) is 6.50. The van der Waals surface area contributed by atoms with Crippen molar-refractivity contribution in [1.82, 2.24) is 0 Å². The van der Waals surface area contributed by atoms with Gasteiger partial charge in [0.25, 0.3) is 0 Å². The van der Waals surface area contributed by atoms with Crippen LogP contribution in [0.15, 0.2) is 54.6 Å². The van der Waals surface area contributed by atoms with Crippen LogP contribution in [0.25, 0.3) is 0 Å². The molecule has 2 aromatic rings. The molecule has 0 aromatic heterocycles. The molecule has 0 aliphatic carbocycles. The molecular formula is C22H30O5. The lowest BCUT2D eigenvalue weighted by Gasteiger charge is -2.11. The molecule has 2 rings (SSSR count). The fourth-order valence-electron chi connectivity index (χ4n) is 2.42. The molecule has 0 fully saturated rings. The Kier molecular flexibility index (Phi) is 11.0. The van der Waals surface area contributed by atoms with Gasteiger partial charge in [0.2, 0.25) is 0 Å². The van der Waals surface area contributed by atoms with Crippen LogP contribution in [0.3, 0.4) is 0 Å². The predicted octanol–water partition coefficient (Wildman–Crippen LogP) is 3.76. The van der Waals surface area contributed by atoms with E-state index in [1.165, 1.54) is 5.56 Å². The van der Waals surface area contributed by atoms with Gasteiger partial charge in [0, 0.05) is 0 Å². The van der Waals surface area contributed by atoms with Crippen LogP contribution in [-0.2, 0) is 20.6 Å². The Morgan fingerprint density at radius 2 is 1.07 bits per heavy atom. The zero-order chi connectivity index (χ0) is 19.0. The van der Waals surface area contributed by atoms with E-state index in [1.54, 1.807) is 0 Å². The normalized spacial score (nSPS) is 10.7. The molecule has 0 saturated heterocycles. The number of benzene rings is 2. The van der Waals surface area contributed by atoms with Crippen LogP contribution >= 0.6 is 0 Å². The van der Waals surface area contributed by atoms with Crippen molar-refractivity contribution in [2.75, 3.05) is 52.9 Å². The molecule has 0 aliphatic heterocycles. The number of hydrogen-bond donors (Lipinski definition) is 0. The molecule has 2 aromatic carbocycles. The second-order valence-corrected chi connectivity index (χ2v) is 5.81. The van der Waals surface area contributed by atoms with Gasteiger partial charge in [-0.15, -0.1) is 0 Å². The highest BCUT2D eigenvalue weighted by Gasteiger charge is 2.00. The number of aryl methyl sites for hydroxylation is 1. The van der Waals surface area contributed by atoms with Crippen LogP contribution in [0.2, 0.25) is 0 Å². The summed E-state index contributed by atoms with van der Waals surface area (Å²) in [5.41, 5.74) is 1.22. The minimum atomic E-state index is 0.536. The average Bonchev–Trinajstić information content (AvgIpc) is 2.72. The smallest absolute Gasteiger partial charge is 0.122 e. The van der Waals surface area contributed by atoms with E-state index >= 15 is 0 Å². The highest BCUT2D eigenvalue weighted by Crippen LogP contribution is 2.17. The second kappa shape index (κ2) is 14.0. The molecule has 0 atom stereocenters. The summed E-state index contributed by atoms with van der Waals surface area (Å²) in [5, 5.41) is 0. The van der Waals surface area contributed by atoms with Gasteiger partial charge in [0.05, 0.1) is 39.6 Å². The third-order valence-corrected chi connectivity index (χ3v) is 3.82. The van der Waals surface area contributed by atoms with Gasteiger partial charge >= 0.3 is 0 Å². The summed E-state index contributed by atoms with van der Waals surface area (Å²) >= 11 is 0. The molecule has 0 bridgehead atoms. The molecule has 27 heavy (non-hydrogen) atoms. The molecule has 0 amide bonds. The van der Waals surface area contributed by atoms with Gasteiger partial charge in [-0.3, -0.25) is 0 Å². The van der Waals surface area contributed by atoms with Gasteiger partial charge in [0.1, 0.15) is 24.7 Å². The molecule has 0 heterocycles. The summed E-state index contributed by atoms with van der Waals surface area (Å²) in [7, 11) is 0. The molecular weight excluding hydrogens is 344 g/mol. The monoisotopic (exact) mass is 374 g/mol. The van der Waals surface area contributed by atoms with Crippen molar-refractivity contribution in [2.45, 2.75) is 13.3 Å². The van der Waals surface area contributed by atoms with Gasteiger partial charge in [0.15, 0.2) is 0 Å². The molecule has 0 radical (unpaired) electrons. The molecule has 0 aliphatic rings. The Labute approximate surface area is 162 Å². The highest BCUT2D eigenvalue weighted by molar-refractivity contribution is 5.33. The minimum Gasteiger partial charge on any atom is -0.491 e. The van der Waals surface area contributed by atoms with Gasteiger partial charge in [-0.1, -0.05) is 43.3 Å². The number of ether oxygens (including phenoxy) is 5. The zero-order valence-electron chi connectivity index (χ0n) is 16.1. The van der Waals surface area contributed by atoms with Crippen molar-refractivity contribution in [3.8, 4) is 11.5 Å². The molecule has 5 nitrogen and oxygen atoms in total. The second-order valence-electron chi connectivity index (χ2n) is 5.81. The summed E-state index contributed by atoms with van der Waals surface area (Å²) in [5.74, 6) is 1.80.